The first-order chi connectivity index (χ1) is 20.7. The fourth-order valence-corrected chi connectivity index (χ4v) is 5.34. The molecule has 6 aromatic rings. The van der Waals surface area contributed by atoms with Gasteiger partial charge < -0.3 is 14.8 Å². The molecule has 4 heteroatoms. The second-order valence-corrected chi connectivity index (χ2v) is 10.2. The van der Waals surface area contributed by atoms with Gasteiger partial charge in [-0.2, -0.15) is 0 Å². The Balaban J connectivity index is 1.19. The molecular weight excluding hydrogens is 518 g/mol. The molecule has 0 atom stereocenters. The van der Waals surface area contributed by atoms with Crippen LogP contribution in [0.1, 0.15) is 44.7 Å². The van der Waals surface area contributed by atoms with Gasteiger partial charge in [0.25, 0.3) is 0 Å². The number of fused-ring (bicyclic) bond motifs is 2. The fourth-order valence-electron chi connectivity index (χ4n) is 5.34. The number of carbonyl (C=O) groups is 1. The summed E-state index contributed by atoms with van der Waals surface area (Å²) < 4.78 is 6.12. The highest BCUT2D eigenvalue weighted by atomic mass is 16.5. The highest BCUT2D eigenvalue weighted by Gasteiger charge is 2.18. The zero-order valence-corrected chi connectivity index (χ0v) is 23.2. The molecule has 0 unspecified atom stereocenters. The maximum Gasteiger partial charge on any atom is 0.352 e. The molecule has 0 spiro atoms. The van der Waals surface area contributed by atoms with E-state index in [2.05, 4.69) is 71.7 Å². The minimum atomic E-state index is -0.955. The van der Waals surface area contributed by atoms with Gasteiger partial charge >= 0.3 is 5.97 Å². The van der Waals surface area contributed by atoms with Gasteiger partial charge in [-0.05, 0) is 58.2 Å². The molecule has 0 radical (unpaired) electrons. The van der Waals surface area contributed by atoms with Gasteiger partial charge in [0.1, 0.15) is 11.4 Å². The number of carboxylic acid groups (broad SMARTS) is 1. The normalized spacial score (nSPS) is 11.6. The Hall–Kier alpha value is -5.35. The molecule has 0 aliphatic heterocycles. The Bertz CT molecular complexity index is 1910. The molecule has 4 nitrogen and oxygen atoms in total. The first-order valence-corrected chi connectivity index (χ1v) is 14.1. The number of H-pyrrole nitrogens is 1. The number of aromatic amines is 1. The number of ether oxygens (including phenoxy) is 1. The third-order valence-corrected chi connectivity index (χ3v) is 7.40. The second kappa shape index (κ2) is 12.4. The highest BCUT2D eigenvalue weighted by molar-refractivity contribution is 6.01. The monoisotopic (exact) mass is 549 g/mol. The van der Waals surface area contributed by atoms with E-state index in [-0.39, 0.29) is 5.69 Å². The van der Waals surface area contributed by atoms with Gasteiger partial charge in [0.2, 0.25) is 0 Å². The molecule has 0 amide bonds. The third kappa shape index (κ3) is 6.03. The Morgan fingerprint density at radius 2 is 1.33 bits per heavy atom. The van der Waals surface area contributed by atoms with Gasteiger partial charge in [-0.1, -0.05) is 127 Å². The molecule has 0 saturated carbocycles. The topological polar surface area (TPSA) is 62.3 Å². The second-order valence-electron chi connectivity index (χ2n) is 10.2. The Morgan fingerprint density at radius 1 is 0.690 bits per heavy atom. The average Bonchev–Trinajstić information content (AvgIpc) is 3.41. The summed E-state index contributed by atoms with van der Waals surface area (Å²) in [5.74, 6) is -0.110. The van der Waals surface area contributed by atoms with Crippen LogP contribution >= 0.6 is 0 Å². The molecule has 1 aromatic heterocycles. The molecule has 1 heterocycles. The largest absolute Gasteiger partial charge is 0.493 e. The first kappa shape index (κ1) is 26.9. The van der Waals surface area contributed by atoms with Crippen LogP contribution in [0.25, 0.3) is 46.0 Å². The van der Waals surface area contributed by atoms with Crippen molar-refractivity contribution >= 4 is 51.9 Å². The molecule has 5 aromatic carbocycles. The van der Waals surface area contributed by atoms with E-state index in [0.717, 1.165) is 55.2 Å². The van der Waals surface area contributed by atoms with E-state index in [1.165, 1.54) is 0 Å². The van der Waals surface area contributed by atoms with E-state index < -0.39 is 5.97 Å². The van der Waals surface area contributed by atoms with Crippen molar-refractivity contribution in [2.45, 2.75) is 12.8 Å². The van der Waals surface area contributed by atoms with Crippen molar-refractivity contribution in [3.63, 3.8) is 0 Å². The first-order valence-electron chi connectivity index (χ1n) is 14.1. The van der Waals surface area contributed by atoms with Gasteiger partial charge in [0.05, 0.1) is 12.1 Å². The summed E-state index contributed by atoms with van der Waals surface area (Å²) in [5, 5.41) is 13.1. The molecule has 206 valence electrons. The van der Waals surface area contributed by atoms with Crippen molar-refractivity contribution in [3.05, 3.63) is 149 Å². The lowest BCUT2D eigenvalue weighted by atomic mass is 10.0. The molecule has 0 aliphatic carbocycles. The zero-order valence-electron chi connectivity index (χ0n) is 23.2. The number of nitrogens with one attached hydrogen (secondary N) is 1. The van der Waals surface area contributed by atoms with Crippen LogP contribution in [0.4, 0.5) is 0 Å². The molecule has 42 heavy (non-hydrogen) atoms. The maximum atomic E-state index is 12.2. The quantitative estimate of drug-likeness (QED) is 0.132. The number of para-hydroxylation sites is 1. The number of rotatable bonds is 10. The zero-order chi connectivity index (χ0) is 28.7. The van der Waals surface area contributed by atoms with Crippen molar-refractivity contribution in [2.75, 3.05) is 6.61 Å². The summed E-state index contributed by atoms with van der Waals surface area (Å²) in [6.07, 6.45) is 9.60. The summed E-state index contributed by atoms with van der Waals surface area (Å²) >= 11 is 0. The van der Waals surface area contributed by atoms with E-state index in [4.69, 9.17) is 4.74 Å². The fraction of sp³-hybridized carbons (Fsp3) is 0.0789. The van der Waals surface area contributed by atoms with E-state index >= 15 is 0 Å². The lowest BCUT2D eigenvalue weighted by molar-refractivity contribution is 0.0690. The summed E-state index contributed by atoms with van der Waals surface area (Å²) in [7, 11) is 0. The van der Waals surface area contributed by atoms with Crippen molar-refractivity contribution in [1.82, 2.24) is 4.98 Å². The van der Waals surface area contributed by atoms with E-state index in [0.29, 0.717) is 19.4 Å². The molecule has 0 fully saturated rings. The average molecular weight is 550 g/mol. The Morgan fingerprint density at radius 3 is 2.17 bits per heavy atom. The van der Waals surface area contributed by atoms with Crippen LogP contribution in [-0.4, -0.2) is 22.7 Å². The summed E-state index contributed by atoms with van der Waals surface area (Å²) in [5.41, 5.74) is 6.15. The lowest BCUT2D eigenvalue weighted by Gasteiger charge is -2.09. The van der Waals surface area contributed by atoms with Crippen LogP contribution in [0.3, 0.4) is 0 Å². The summed E-state index contributed by atoms with van der Waals surface area (Å²) in [6.45, 7) is 0.494. The van der Waals surface area contributed by atoms with Gasteiger partial charge in [-0.25, -0.2) is 4.79 Å². The maximum absolute atomic E-state index is 12.2. The Kier molecular flexibility index (Phi) is 7.96. The lowest BCUT2D eigenvalue weighted by Crippen LogP contribution is -2.04. The number of aromatic carboxylic acids is 1. The van der Waals surface area contributed by atoms with Crippen LogP contribution < -0.4 is 4.74 Å². The summed E-state index contributed by atoms with van der Waals surface area (Å²) in [4.78, 5) is 15.4. The van der Waals surface area contributed by atoms with Gasteiger partial charge in [0, 0.05) is 10.8 Å². The minimum Gasteiger partial charge on any atom is -0.493 e. The van der Waals surface area contributed by atoms with Gasteiger partial charge in [0.15, 0.2) is 0 Å². The van der Waals surface area contributed by atoms with Crippen molar-refractivity contribution in [1.29, 1.82) is 0 Å². The van der Waals surface area contributed by atoms with E-state index in [9.17, 15) is 9.90 Å². The molecule has 2 N–H and O–H groups in total. The molecule has 6 rings (SSSR count). The standard InChI is InChI=1S/C38H31NO3/c40-38(41)37-34(19-9-25-42-35-20-8-15-30-14-4-5-17-32(30)35)33-18-7-16-31(36(33)39-37)24-23-29-13-6-12-28(26-29)22-21-27-10-2-1-3-11-27/h1-8,10-18,20-24,26,39H,9,19,25H2,(H,40,41). The number of aromatic nitrogens is 1. The number of aryl methyl sites for hydroxylation is 1. The SMILES string of the molecule is O=C(O)c1[nH]c2c(C=Cc3cccc(C=Cc4ccccc4)c3)cccc2c1CCCOc1cccc2ccccc12. The van der Waals surface area contributed by atoms with E-state index in [1.807, 2.05) is 72.8 Å². The highest BCUT2D eigenvalue weighted by Crippen LogP contribution is 2.29. The predicted octanol–water partition coefficient (Wildman–Crippen LogP) is 9.37. The van der Waals surface area contributed by atoms with E-state index in [1.54, 1.807) is 0 Å². The number of benzene rings is 5. The van der Waals surface area contributed by atoms with Crippen molar-refractivity contribution < 1.29 is 14.6 Å². The molecule has 0 saturated heterocycles. The number of hydrogen-bond donors (Lipinski definition) is 2. The predicted molar refractivity (Wildman–Crippen MR) is 174 cm³/mol. The van der Waals surface area contributed by atoms with Crippen LogP contribution in [0.2, 0.25) is 0 Å². The number of hydrogen-bond acceptors (Lipinski definition) is 2. The van der Waals surface area contributed by atoms with Crippen molar-refractivity contribution in [2.24, 2.45) is 0 Å². The number of carboxylic acids is 1. The van der Waals surface area contributed by atoms with Crippen LogP contribution in [0.15, 0.2) is 115 Å². The van der Waals surface area contributed by atoms with Gasteiger partial charge in [-0.3, -0.25) is 0 Å². The van der Waals surface area contributed by atoms with Gasteiger partial charge in [-0.15, -0.1) is 0 Å². The van der Waals surface area contributed by atoms with Crippen LogP contribution in [-0.2, 0) is 6.42 Å². The molecular formula is C38H31NO3. The Labute approximate surface area is 245 Å². The third-order valence-electron chi connectivity index (χ3n) is 7.40. The smallest absolute Gasteiger partial charge is 0.352 e. The molecule has 0 aliphatic rings. The van der Waals surface area contributed by atoms with Crippen LogP contribution in [0, 0.1) is 0 Å². The van der Waals surface area contributed by atoms with Crippen LogP contribution in [0.5, 0.6) is 5.75 Å². The molecule has 0 bridgehead atoms. The van der Waals surface area contributed by atoms with Crippen molar-refractivity contribution in [3.8, 4) is 5.75 Å². The summed E-state index contributed by atoms with van der Waals surface area (Å²) in [6, 6.07) is 38.7. The minimum absolute atomic E-state index is 0.240.